The highest BCUT2D eigenvalue weighted by atomic mass is 16.6. The SMILES string of the molecule is C=C(C(=O)[C@H](OC(C)=O)[C@@H](C)[C@H]1[C@@H](OC(C)=O)C[C@@]2(C)C3CCC4[C@H](C)OC(=O)C=C[C@@]45C[C@@]35CC[C@]12C)C(C)C. The average molecular weight is 569 g/mol. The molecule has 41 heavy (non-hydrogen) atoms. The maximum absolute atomic E-state index is 13.7. The molecule has 7 nitrogen and oxygen atoms in total. The van der Waals surface area contributed by atoms with Gasteiger partial charge in [0.2, 0.25) is 0 Å². The fraction of sp³-hybridized carbons (Fsp3) is 0.765. The van der Waals surface area contributed by atoms with Gasteiger partial charge in [-0.05, 0) is 79.1 Å². The van der Waals surface area contributed by atoms with Crippen molar-refractivity contribution in [2.24, 2.45) is 51.2 Å². The smallest absolute Gasteiger partial charge is 0.330 e. The summed E-state index contributed by atoms with van der Waals surface area (Å²) in [5, 5.41) is 0. The first kappa shape index (κ1) is 30.0. The number of ketones is 1. The highest BCUT2D eigenvalue weighted by molar-refractivity contribution is 5.99. The van der Waals surface area contributed by atoms with Crippen molar-refractivity contribution in [3.63, 3.8) is 0 Å². The van der Waals surface area contributed by atoms with Crippen LogP contribution in [-0.2, 0) is 33.4 Å². The minimum atomic E-state index is -0.989. The van der Waals surface area contributed by atoms with Crippen molar-refractivity contribution in [3.05, 3.63) is 24.3 Å². The number of carbonyl (C=O) groups is 4. The van der Waals surface area contributed by atoms with E-state index in [4.69, 9.17) is 14.2 Å². The average Bonchev–Trinajstić information content (AvgIpc) is 3.52. The first-order valence-corrected chi connectivity index (χ1v) is 15.5. The Labute approximate surface area is 244 Å². The van der Waals surface area contributed by atoms with Crippen LogP contribution in [0, 0.1) is 51.2 Å². The first-order valence-electron chi connectivity index (χ1n) is 15.5. The number of esters is 3. The van der Waals surface area contributed by atoms with Crippen LogP contribution in [0.4, 0.5) is 0 Å². The Morgan fingerprint density at radius 2 is 1.73 bits per heavy atom. The second-order valence-electron chi connectivity index (χ2n) is 14.7. The van der Waals surface area contributed by atoms with Gasteiger partial charge in [0.1, 0.15) is 12.2 Å². The lowest BCUT2D eigenvalue weighted by Gasteiger charge is -2.60. The number of hydrogen-bond acceptors (Lipinski definition) is 7. The molecule has 5 aliphatic rings. The quantitative estimate of drug-likeness (QED) is 0.211. The van der Waals surface area contributed by atoms with E-state index in [-0.39, 0.29) is 63.2 Å². The predicted octanol–water partition coefficient (Wildman–Crippen LogP) is 6.00. The molecule has 4 saturated carbocycles. The summed E-state index contributed by atoms with van der Waals surface area (Å²) in [5.41, 5.74) is 0.0380. The van der Waals surface area contributed by atoms with Crippen molar-refractivity contribution in [1.29, 1.82) is 0 Å². The zero-order chi connectivity index (χ0) is 30.3. The normalized spacial score (nSPS) is 43.7. The van der Waals surface area contributed by atoms with E-state index < -0.39 is 18.2 Å². The fourth-order valence-corrected chi connectivity index (χ4v) is 10.8. The third kappa shape index (κ3) is 4.18. The summed E-state index contributed by atoms with van der Waals surface area (Å²) in [6, 6.07) is 0. The lowest BCUT2D eigenvalue weighted by molar-refractivity contribution is -0.167. The summed E-state index contributed by atoms with van der Waals surface area (Å²) < 4.78 is 17.6. The maximum Gasteiger partial charge on any atom is 0.330 e. The van der Waals surface area contributed by atoms with Crippen LogP contribution in [0.2, 0.25) is 0 Å². The minimum absolute atomic E-state index is 0.0439. The summed E-state index contributed by atoms with van der Waals surface area (Å²) in [6.45, 7) is 19.3. The van der Waals surface area contributed by atoms with Crippen molar-refractivity contribution < 1.29 is 33.4 Å². The van der Waals surface area contributed by atoms with E-state index >= 15 is 0 Å². The number of allylic oxidation sites excluding steroid dienone is 1. The van der Waals surface area contributed by atoms with Crippen molar-refractivity contribution in [3.8, 4) is 0 Å². The van der Waals surface area contributed by atoms with Gasteiger partial charge in [0.25, 0.3) is 0 Å². The van der Waals surface area contributed by atoms with Gasteiger partial charge in [0.05, 0.1) is 0 Å². The zero-order valence-corrected chi connectivity index (χ0v) is 26.1. The Morgan fingerprint density at radius 1 is 1.05 bits per heavy atom. The van der Waals surface area contributed by atoms with Gasteiger partial charge in [0.15, 0.2) is 11.9 Å². The topological polar surface area (TPSA) is 96.0 Å². The van der Waals surface area contributed by atoms with E-state index in [1.54, 1.807) is 6.08 Å². The highest BCUT2D eigenvalue weighted by Gasteiger charge is 2.81. The molecule has 1 heterocycles. The molecule has 0 aromatic heterocycles. The van der Waals surface area contributed by atoms with Crippen LogP contribution in [0.15, 0.2) is 24.3 Å². The van der Waals surface area contributed by atoms with Crippen molar-refractivity contribution in [1.82, 2.24) is 0 Å². The van der Waals surface area contributed by atoms with Gasteiger partial charge >= 0.3 is 17.9 Å². The monoisotopic (exact) mass is 568 g/mol. The standard InChI is InChI=1S/C34H48O7/c1-18(2)19(3)29(38)30(41-23(7)36)20(4)28-25(40-22(6)35)16-32(9)26-11-10-24-21(5)39-27(37)12-13-33(24)17-34(26,33)15-14-31(28,32)8/h12-13,18,20-21,24-26,28,30H,3,10-11,14-17H2,1-2,4-9H3/t20-,21-,24?,25-,26?,28-,30+,31+,32-,33+,34-/m0/s1. The lowest BCUT2D eigenvalue weighted by Crippen LogP contribution is -2.56. The molecule has 0 bridgehead atoms. The van der Waals surface area contributed by atoms with Crippen LogP contribution in [0.3, 0.4) is 0 Å². The molecule has 2 unspecified atom stereocenters. The molecule has 1 aliphatic heterocycles. The number of ether oxygens (including phenoxy) is 3. The molecular formula is C34H48O7. The number of cyclic esters (lactones) is 1. The second-order valence-corrected chi connectivity index (χ2v) is 14.7. The molecule has 0 amide bonds. The Bertz CT molecular complexity index is 1200. The van der Waals surface area contributed by atoms with Crippen LogP contribution in [0.25, 0.3) is 0 Å². The van der Waals surface area contributed by atoms with Gasteiger partial charge in [-0.25, -0.2) is 4.79 Å². The Morgan fingerprint density at radius 3 is 2.34 bits per heavy atom. The third-order valence-electron chi connectivity index (χ3n) is 12.7. The van der Waals surface area contributed by atoms with Crippen LogP contribution in [-0.4, -0.2) is 42.0 Å². The van der Waals surface area contributed by atoms with E-state index in [1.165, 1.54) is 13.8 Å². The summed E-state index contributed by atoms with van der Waals surface area (Å²) in [7, 11) is 0. The van der Waals surface area contributed by atoms with Crippen LogP contribution in [0.1, 0.15) is 93.9 Å². The largest absolute Gasteiger partial charge is 0.462 e. The van der Waals surface area contributed by atoms with E-state index in [0.29, 0.717) is 23.8 Å². The minimum Gasteiger partial charge on any atom is -0.462 e. The molecule has 0 radical (unpaired) electrons. The number of fused-ring (bicyclic) bond motifs is 2. The number of Topliss-reactive ketones (excluding diaryl/α,β-unsaturated/α-hetero) is 1. The van der Waals surface area contributed by atoms with E-state index in [0.717, 1.165) is 32.1 Å². The Hall–Kier alpha value is -2.44. The van der Waals surface area contributed by atoms with E-state index in [9.17, 15) is 19.2 Å². The van der Waals surface area contributed by atoms with Gasteiger partial charge < -0.3 is 14.2 Å². The molecule has 7 heteroatoms. The van der Waals surface area contributed by atoms with Crippen molar-refractivity contribution in [2.45, 2.75) is 112 Å². The lowest BCUT2D eigenvalue weighted by atomic mass is 9.44. The van der Waals surface area contributed by atoms with Crippen LogP contribution in [0.5, 0.6) is 0 Å². The first-order chi connectivity index (χ1) is 19.0. The Kier molecular flexibility index (Phi) is 7.18. The number of hydrogen-bond donors (Lipinski definition) is 0. The van der Waals surface area contributed by atoms with Gasteiger partial charge in [-0.3, -0.25) is 14.4 Å². The molecule has 5 rings (SSSR count). The highest BCUT2D eigenvalue weighted by Crippen LogP contribution is 2.86. The van der Waals surface area contributed by atoms with Gasteiger partial charge in [-0.2, -0.15) is 0 Å². The molecule has 4 aliphatic carbocycles. The van der Waals surface area contributed by atoms with Gasteiger partial charge in [0, 0.05) is 43.1 Å². The second kappa shape index (κ2) is 9.80. The molecule has 0 aromatic carbocycles. The predicted molar refractivity (Wildman–Crippen MR) is 153 cm³/mol. The van der Waals surface area contributed by atoms with Crippen molar-refractivity contribution >= 4 is 23.7 Å². The van der Waals surface area contributed by atoms with Crippen LogP contribution < -0.4 is 0 Å². The molecule has 4 fully saturated rings. The van der Waals surface area contributed by atoms with Crippen LogP contribution >= 0.6 is 0 Å². The molecule has 0 N–H and O–H groups in total. The summed E-state index contributed by atoms with van der Waals surface area (Å²) in [6.07, 6.45) is 8.01. The van der Waals surface area contributed by atoms with Gasteiger partial charge in [-0.15, -0.1) is 0 Å². The molecule has 11 atom stereocenters. The summed E-state index contributed by atoms with van der Waals surface area (Å²) in [5.74, 6) is -1.29. The molecular weight excluding hydrogens is 520 g/mol. The summed E-state index contributed by atoms with van der Waals surface area (Å²) >= 11 is 0. The Balaban J connectivity index is 1.55. The molecule has 0 saturated heterocycles. The molecule has 226 valence electrons. The van der Waals surface area contributed by atoms with E-state index in [1.807, 2.05) is 27.7 Å². The number of carbonyl (C=O) groups excluding carboxylic acids is 4. The van der Waals surface area contributed by atoms with E-state index in [2.05, 4.69) is 26.5 Å². The fourth-order valence-electron chi connectivity index (χ4n) is 10.8. The third-order valence-corrected chi connectivity index (χ3v) is 12.7. The zero-order valence-electron chi connectivity index (χ0n) is 26.1. The van der Waals surface area contributed by atoms with Gasteiger partial charge in [-0.1, -0.05) is 47.3 Å². The number of rotatable bonds is 7. The maximum atomic E-state index is 13.7. The van der Waals surface area contributed by atoms with Crippen molar-refractivity contribution in [2.75, 3.05) is 0 Å². The molecule has 2 spiro atoms. The summed E-state index contributed by atoms with van der Waals surface area (Å²) in [4.78, 5) is 50.8. The molecule has 0 aromatic rings.